The van der Waals surface area contributed by atoms with Crippen LogP contribution in [0.5, 0.6) is 0 Å². The maximum atomic E-state index is 12.0. The van der Waals surface area contributed by atoms with E-state index in [2.05, 4.69) is 6.08 Å². The predicted octanol–water partition coefficient (Wildman–Crippen LogP) is 4.06. The van der Waals surface area contributed by atoms with Crippen LogP contribution in [0, 0.1) is 0 Å². The summed E-state index contributed by atoms with van der Waals surface area (Å²) in [5.74, 6) is -0.303. The molecule has 1 aromatic carbocycles. The number of unbranched alkanes of at least 4 members (excludes halogenated alkanes) is 2. The molecule has 0 saturated carbocycles. The Balaban J connectivity index is 0.000000956. The number of imide groups is 1. The standard InChI is InChI=1S/C15H17NO2.C2H6/c1-2-3-4-5-8-11-16-14(17)12-9-6-7-10-13(12)15(16)18;1-2/h2-3,6-7,9-10H,4-5,8,11H2,1H3;1-2H3/b3-2-;. The summed E-state index contributed by atoms with van der Waals surface area (Å²) in [6.45, 7) is 6.51. The molecule has 0 N–H and O–H groups in total. The first-order valence-corrected chi connectivity index (χ1v) is 7.32. The Labute approximate surface area is 121 Å². The molecule has 0 saturated heterocycles. The molecule has 3 nitrogen and oxygen atoms in total. The van der Waals surface area contributed by atoms with E-state index in [-0.39, 0.29) is 11.8 Å². The van der Waals surface area contributed by atoms with Gasteiger partial charge in [0.25, 0.3) is 11.8 Å². The number of nitrogens with zero attached hydrogens (tertiary/aromatic N) is 1. The van der Waals surface area contributed by atoms with Crippen LogP contribution >= 0.6 is 0 Å². The van der Waals surface area contributed by atoms with E-state index in [0.717, 1.165) is 19.3 Å². The van der Waals surface area contributed by atoms with Crippen LogP contribution in [0.25, 0.3) is 0 Å². The third-order valence-electron chi connectivity index (χ3n) is 3.12. The lowest BCUT2D eigenvalue weighted by Crippen LogP contribution is -2.30. The van der Waals surface area contributed by atoms with Crippen LogP contribution in [0.2, 0.25) is 0 Å². The summed E-state index contributed by atoms with van der Waals surface area (Å²) in [5.41, 5.74) is 1.08. The second kappa shape index (κ2) is 8.31. The Hall–Kier alpha value is -1.90. The third kappa shape index (κ3) is 3.56. The highest BCUT2D eigenvalue weighted by atomic mass is 16.2. The number of benzene rings is 1. The normalized spacial score (nSPS) is 13.4. The molecule has 3 heteroatoms. The topological polar surface area (TPSA) is 37.4 Å². The lowest BCUT2D eigenvalue weighted by Gasteiger charge is -2.12. The maximum Gasteiger partial charge on any atom is 0.261 e. The molecule has 1 aliphatic heterocycles. The molecule has 2 rings (SSSR count). The number of fused-ring (bicyclic) bond motifs is 1. The molecule has 0 bridgehead atoms. The number of hydrogen-bond donors (Lipinski definition) is 0. The quantitative estimate of drug-likeness (QED) is 0.461. The van der Waals surface area contributed by atoms with Gasteiger partial charge < -0.3 is 0 Å². The Bertz CT molecular complexity index is 457. The molecule has 0 radical (unpaired) electrons. The van der Waals surface area contributed by atoms with E-state index < -0.39 is 0 Å². The van der Waals surface area contributed by atoms with Gasteiger partial charge in [-0.15, -0.1) is 0 Å². The number of hydrogen-bond acceptors (Lipinski definition) is 2. The van der Waals surface area contributed by atoms with Gasteiger partial charge in [-0.1, -0.05) is 38.1 Å². The zero-order valence-corrected chi connectivity index (χ0v) is 12.6. The number of carbonyl (C=O) groups is 2. The SMILES string of the molecule is C/C=C\CCCCN1C(=O)c2ccccc2C1=O.CC. The van der Waals surface area contributed by atoms with E-state index in [0.29, 0.717) is 17.7 Å². The fraction of sp³-hybridized carbons (Fsp3) is 0.412. The Kier molecular flexibility index (Phi) is 6.71. The minimum atomic E-state index is -0.151. The molecule has 0 unspecified atom stereocenters. The smallest absolute Gasteiger partial charge is 0.261 e. The van der Waals surface area contributed by atoms with Gasteiger partial charge in [-0.2, -0.15) is 0 Å². The van der Waals surface area contributed by atoms with Gasteiger partial charge >= 0.3 is 0 Å². The molecule has 0 spiro atoms. The van der Waals surface area contributed by atoms with Crippen LogP contribution in [0.4, 0.5) is 0 Å². The average molecular weight is 273 g/mol. The van der Waals surface area contributed by atoms with Gasteiger partial charge in [-0.05, 0) is 38.3 Å². The molecule has 1 aromatic rings. The summed E-state index contributed by atoms with van der Waals surface area (Å²) in [5, 5.41) is 0. The fourth-order valence-corrected chi connectivity index (χ4v) is 2.14. The van der Waals surface area contributed by atoms with Gasteiger partial charge in [0.2, 0.25) is 0 Å². The van der Waals surface area contributed by atoms with E-state index in [4.69, 9.17) is 0 Å². The maximum absolute atomic E-state index is 12.0. The monoisotopic (exact) mass is 273 g/mol. The van der Waals surface area contributed by atoms with Crippen molar-refractivity contribution in [2.45, 2.75) is 40.0 Å². The van der Waals surface area contributed by atoms with E-state index in [1.54, 1.807) is 24.3 Å². The molecule has 108 valence electrons. The molecule has 0 aromatic heterocycles. The summed E-state index contributed by atoms with van der Waals surface area (Å²) in [6.07, 6.45) is 6.97. The Morgan fingerprint density at radius 1 is 1.00 bits per heavy atom. The van der Waals surface area contributed by atoms with Crippen molar-refractivity contribution >= 4 is 11.8 Å². The van der Waals surface area contributed by atoms with Gasteiger partial charge in [0, 0.05) is 6.54 Å². The summed E-state index contributed by atoms with van der Waals surface area (Å²) in [6, 6.07) is 7.02. The van der Waals surface area contributed by atoms with Crippen molar-refractivity contribution in [3.63, 3.8) is 0 Å². The second-order valence-electron chi connectivity index (χ2n) is 4.37. The molecular weight excluding hydrogens is 250 g/mol. The molecule has 20 heavy (non-hydrogen) atoms. The first kappa shape index (κ1) is 16.2. The first-order chi connectivity index (χ1) is 9.75. The molecule has 0 aliphatic carbocycles. The Morgan fingerprint density at radius 2 is 1.55 bits per heavy atom. The van der Waals surface area contributed by atoms with Crippen LogP contribution in [-0.4, -0.2) is 23.3 Å². The average Bonchev–Trinajstić information content (AvgIpc) is 2.74. The van der Waals surface area contributed by atoms with Crippen molar-refractivity contribution in [1.82, 2.24) is 4.90 Å². The first-order valence-electron chi connectivity index (χ1n) is 7.32. The van der Waals surface area contributed by atoms with E-state index in [1.807, 2.05) is 26.8 Å². The number of allylic oxidation sites excluding steroid dienone is 2. The third-order valence-corrected chi connectivity index (χ3v) is 3.12. The molecule has 0 fully saturated rings. The second-order valence-corrected chi connectivity index (χ2v) is 4.37. The van der Waals surface area contributed by atoms with Crippen LogP contribution in [0.3, 0.4) is 0 Å². The van der Waals surface area contributed by atoms with Crippen LogP contribution in [-0.2, 0) is 0 Å². The van der Waals surface area contributed by atoms with Crippen molar-refractivity contribution in [3.05, 3.63) is 47.5 Å². The van der Waals surface area contributed by atoms with Gasteiger partial charge in [-0.3, -0.25) is 14.5 Å². The number of amides is 2. The van der Waals surface area contributed by atoms with Crippen molar-refractivity contribution in [3.8, 4) is 0 Å². The highest BCUT2D eigenvalue weighted by molar-refractivity contribution is 6.21. The molecule has 1 heterocycles. The summed E-state index contributed by atoms with van der Waals surface area (Å²) < 4.78 is 0. The number of carbonyl (C=O) groups excluding carboxylic acids is 2. The van der Waals surface area contributed by atoms with Gasteiger partial charge in [0.15, 0.2) is 0 Å². The van der Waals surface area contributed by atoms with Crippen molar-refractivity contribution in [2.75, 3.05) is 6.54 Å². The zero-order chi connectivity index (χ0) is 15.0. The molecule has 2 amide bonds. The van der Waals surface area contributed by atoms with E-state index >= 15 is 0 Å². The molecular formula is C17H23NO2. The van der Waals surface area contributed by atoms with Crippen LogP contribution in [0.1, 0.15) is 60.7 Å². The van der Waals surface area contributed by atoms with Crippen molar-refractivity contribution < 1.29 is 9.59 Å². The summed E-state index contributed by atoms with van der Waals surface area (Å²) in [4.78, 5) is 25.4. The fourth-order valence-electron chi connectivity index (χ4n) is 2.14. The molecule has 1 aliphatic rings. The van der Waals surface area contributed by atoms with Gasteiger partial charge in [0.05, 0.1) is 11.1 Å². The van der Waals surface area contributed by atoms with Gasteiger partial charge in [-0.25, -0.2) is 0 Å². The Morgan fingerprint density at radius 3 is 2.05 bits per heavy atom. The highest BCUT2D eigenvalue weighted by Crippen LogP contribution is 2.22. The van der Waals surface area contributed by atoms with E-state index in [9.17, 15) is 9.59 Å². The lowest BCUT2D eigenvalue weighted by molar-refractivity contribution is 0.0652. The number of rotatable bonds is 5. The van der Waals surface area contributed by atoms with Crippen LogP contribution in [0.15, 0.2) is 36.4 Å². The largest absolute Gasteiger partial charge is 0.274 e. The minimum Gasteiger partial charge on any atom is -0.274 e. The highest BCUT2D eigenvalue weighted by Gasteiger charge is 2.34. The van der Waals surface area contributed by atoms with Gasteiger partial charge in [0.1, 0.15) is 0 Å². The lowest BCUT2D eigenvalue weighted by atomic mass is 10.1. The zero-order valence-electron chi connectivity index (χ0n) is 12.6. The van der Waals surface area contributed by atoms with E-state index in [1.165, 1.54) is 4.90 Å². The summed E-state index contributed by atoms with van der Waals surface area (Å²) in [7, 11) is 0. The predicted molar refractivity (Wildman–Crippen MR) is 81.8 cm³/mol. The summed E-state index contributed by atoms with van der Waals surface area (Å²) >= 11 is 0. The van der Waals surface area contributed by atoms with Crippen molar-refractivity contribution in [2.24, 2.45) is 0 Å². The minimum absolute atomic E-state index is 0.151. The van der Waals surface area contributed by atoms with Crippen LogP contribution < -0.4 is 0 Å². The van der Waals surface area contributed by atoms with Crippen molar-refractivity contribution in [1.29, 1.82) is 0 Å². The molecule has 0 atom stereocenters.